The molecule has 0 spiro atoms. The maximum atomic E-state index is 5.94. The highest BCUT2D eigenvalue weighted by atomic mass is 32.2. The Morgan fingerprint density at radius 3 is 1.23 bits per heavy atom. The van der Waals surface area contributed by atoms with Gasteiger partial charge in [-0.2, -0.15) is 0 Å². The van der Waals surface area contributed by atoms with Crippen molar-refractivity contribution in [3.05, 3.63) is 419 Å². The second-order valence-electron chi connectivity index (χ2n) is 33.4. The number of aromatic nitrogens is 16. The molecule has 0 amide bonds. The summed E-state index contributed by atoms with van der Waals surface area (Å²) in [6, 6.07) is 94.1. The zero-order valence-corrected chi connectivity index (χ0v) is 77.1. The van der Waals surface area contributed by atoms with Crippen molar-refractivity contribution in [1.82, 2.24) is 79.7 Å². The Hall–Kier alpha value is -18.9. The first-order valence-corrected chi connectivity index (χ1v) is 46.5. The van der Waals surface area contributed by atoms with E-state index in [2.05, 4.69) is 183 Å². The highest BCUT2D eigenvalue weighted by Gasteiger charge is 2.29. The number of benzene rings is 6. The standard InChI is InChI=1S/C26H17N5O.C23H17N5S.C23H19N5.C22H17N5.C20H16N4O/c1-2-5-18(6-3-1)26-31-23-15-19(8-9-24(23)32-26)29-25-20-7-4-12-28-22(20)16-21(30-25)17-10-13-27-14-11-17;1-3-17-19(25-9-1)14-18(15-7-10-24-11-8-15)27-23(17)26-16-5-6-21-20(13-16)28-12-2-4-22(28)29-21;1-15-12-17-13-18(5-6-22(17)28(15)2)26-23-19-4-3-9-25-21(19)14-20(27-23)16-7-10-24-11-8-16;1-14-11-16-4-5-17(12-19(16)25-14)26-22-18-3-2-8-24-21(18)13-20(27-22)15-6-9-23-10-7-15;1-25-19-10-9-15(13-22-19)23-20-16-8-5-11-21-18(16)12-17(24-20)14-6-3-2-4-7-14/h1-16H,(H,29,30);1,3-11,13-14H,2,12H2,(H,26,27);3-11,13-14H,1,12H2,2H3,(H,26,27);2-10,12-13,25H,1,11H2,(H,26,27);2-13H,1H3,(H,23,24). The van der Waals surface area contributed by atoms with Crippen LogP contribution in [-0.4, -0.2) is 100 Å². The van der Waals surface area contributed by atoms with E-state index >= 15 is 0 Å². The third-order valence-electron chi connectivity index (χ3n) is 24.2. The average Bonchev–Trinajstić information content (AvgIpc) is 1.67. The Morgan fingerprint density at radius 2 is 0.766 bits per heavy atom. The maximum Gasteiger partial charge on any atom is 0.227 e. The van der Waals surface area contributed by atoms with Crippen molar-refractivity contribution in [1.29, 1.82) is 0 Å². The van der Waals surface area contributed by atoms with Gasteiger partial charge < -0.3 is 50.9 Å². The number of rotatable bonds is 17. The van der Waals surface area contributed by atoms with Crippen molar-refractivity contribution in [3.8, 4) is 73.6 Å². The molecule has 0 unspecified atom stereocenters. The van der Waals surface area contributed by atoms with Gasteiger partial charge in [0.1, 0.15) is 34.6 Å². The minimum absolute atomic E-state index is 0.572. The largest absolute Gasteiger partial charge is 0.481 e. The average molecular weight is 1860 g/mol. The van der Waals surface area contributed by atoms with E-state index in [1.54, 1.807) is 87.7 Å². The molecule has 16 aromatic heterocycles. The minimum atomic E-state index is 0.572. The molecule has 0 atom stereocenters. The lowest BCUT2D eigenvalue weighted by Gasteiger charge is -2.16. The van der Waals surface area contributed by atoms with Gasteiger partial charge in [-0.05, 0) is 242 Å². The second kappa shape index (κ2) is 39.6. The van der Waals surface area contributed by atoms with E-state index in [0.717, 1.165) is 228 Å². The fourth-order valence-electron chi connectivity index (χ4n) is 17.2. The van der Waals surface area contributed by atoms with Crippen molar-refractivity contribution in [2.45, 2.75) is 24.2 Å². The number of hydrogen-bond acceptors (Lipinski definition) is 27. The number of pyridine rings is 15. The number of ether oxygens (including phenoxy) is 1. The first kappa shape index (κ1) is 87.5. The molecule has 0 aliphatic carbocycles. The van der Waals surface area contributed by atoms with E-state index in [-0.39, 0.29) is 0 Å². The normalized spacial score (nSPS) is 12.4. The lowest BCUT2D eigenvalue weighted by atomic mass is 10.1. The van der Waals surface area contributed by atoms with Crippen LogP contribution in [0, 0.1) is 0 Å². The van der Waals surface area contributed by atoms with Gasteiger partial charge in [0.25, 0.3) is 0 Å². The summed E-state index contributed by atoms with van der Waals surface area (Å²) in [4.78, 5) is 78.1. The van der Waals surface area contributed by atoms with E-state index in [1.807, 2.05) is 242 Å². The van der Waals surface area contributed by atoms with Crippen molar-refractivity contribution in [2.75, 3.05) is 62.4 Å². The van der Waals surface area contributed by atoms with Crippen molar-refractivity contribution in [2.24, 2.45) is 0 Å². The summed E-state index contributed by atoms with van der Waals surface area (Å²) >= 11 is 1.85. The Labute approximate surface area is 814 Å². The van der Waals surface area contributed by atoms with Crippen LogP contribution in [0.15, 0.2) is 417 Å². The van der Waals surface area contributed by atoms with Crippen molar-refractivity contribution < 1.29 is 9.15 Å². The summed E-state index contributed by atoms with van der Waals surface area (Å²) < 4.78 is 11.0. The molecule has 141 heavy (non-hydrogen) atoms. The van der Waals surface area contributed by atoms with Crippen LogP contribution in [0.3, 0.4) is 0 Å². The molecule has 26 rings (SSSR count). The molecule has 0 bridgehead atoms. The number of methoxy groups -OCH3 is 1. The summed E-state index contributed by atoms with van der Waals surface area (Å²) in [5, 5.41) is 26.8. The summed E-state index contributed by atoms with van der Waals surface area (Å²) in [7, 11) is 3.65. The van der Waals surface area contributed by atoms with Crippen LogP contribution in [0.5, 0.6) is 5.88 Å². The number of thioether (sulfide) groups is 1. The van der Waals surface area contributed by atoms with Gasteiger partial charge in [0.05, 0.1) is 85.8 Å². The molecule has 27 heteroatoms. The molecule has 0 saturated carbocycles. The van der Waals surface area contributed by atoms with E-state index in [4.69, 9.17) is 34.1 Å². The molecule has 26 nitrogen and oxygen atoms in total. The van der Waals surface area contributed by atoms with Crippen LogP contribution < -0.4 is 46.4 Å². The van der Waals surface area contributed by atoms with Gasteiger partial charge in [0.15, 0.2) is 5.58 Å². The minimum Gasteiger partial charge on any atom is -0.481 e. The molecule has 22 aromatic rings. The monoisotopic (exact) mass is 1850 g/mol. The van der Waals surface area contributed by atoms with E-state index in [9.17, 15) is 0 Å². The Balaban J connectivity index is 0.000000101. The van der Waals surface area contributed by atoms with Crippen LogP contribution in [0.4, 0.5) is 74.6 Å². The SMILES string of the molecule is C1=C2Sc3ccc(Nc4nc(-c5ccncc5)cc5ncccc45)cc3N2CC1.C=C1Cc2cc(Nc3nc(-c4ccncc4)cc4ncccc34)ccc2N1C.C=C1Cc2ccc(Nc3nc(-c4ccncc4)cc4ncccc34)cc2N1.COc1ccc(Nc2nc(-c3ccccc3)cc3ncccc23)cn1.c1ccc(-c2nc3cc(Nc4nc(-c5ccncc5)cc5ncccc45)ccc3o2)cc1. The zero-order valence-electron chi connectivity index (χ0n) is 76.3. The molecule has 6 aromatic carbocycles. The van der Waals surface area contributed by atoms with Crippen LogP contribution in [0.25, 0.3) is 133 Å². The lowest BCUT2D eigenvalue weighted by Crippen LogP contribution is -2.13. The zero-order chi connectivity index (χ0) is 94.9. The highest BCUT2D eigenvalue weighted by Crippen LogP contribution is 2.50. The molecule has 680 valence electrons. The summed E-state index contributed by atoms with van der Waals surface area (Å²) in [5.74, 6) is 5.04. The number of nitrogens with one attached hydrogen (secondary N) is 6. The number of allylic oxidation sites excluding steroid dienone is 2. The quantitative estimate of drug-likeness (QED) is 0.0493. The molecule has 4 aliphatic heterocycles. The van der Waals surface area contributed by atoms with Gasteiger partial charge in [0, 0.05) is 224 Å². The van der Waals surface area contributed by atoms with Crippen LogP contribution >= 0.6 is 11.8 Å². The van der Waals surface area contributed by atoms with Gasteiger partial charge in [-0.25, -0.2) is 34.9 Å². The van der Waals surface area contributed by atoms with E-state index in [0.29, 0.717) is 11.8 Å². The van der Waals surface area contributed by atoms with Gasteiger partial charge in [-0.15, -0.1) is 0 Å². The topological polar surface area (TPSA) is 307 Å². The highest BCUT2D eigenvalue weighted by molar-refractivity contribution is 8.03. The predicted octanol–water partition coefficient (Wildman–Crippen LogP) is 26.1. The first-order chi connectivity index (χ1) is 69.5. The number of nitrogens with zero attached hydrogens (tertiary/aromatic N) is 18. The summed E-state index contributed by atoms with van der Waals surface area (Å²) in [5.41, 5.74) is 29.3. The molecule has 20 heterocycles. The molecule has 4 aliphatic rings. The van der Waals surface area contributed by atoms with Gasteiger partial charge in [-0.3, -0.25) is 44.9 Å². The van der Waals surface area contributed by atoms with E-state index < -0.39 is 0 Å². The number of hydrogen-bond donors (Lipinski definition) is 6. The van der Waals surface area contributed by atoms with Gasteiger partial charge in [-0.1, -0.05) is 85.6 Å². The first-order valence-electron chi connectivity index (χ1n) is 45.7. The second-order valence-corrected chi connectivity index (χ2v) is 34.5. The van der Waals surface area contributed by atoms with Crippen LogP contribution in [0.2, 0.25) is 0 Å². The van der Waals surface area contributed by atoms with E-state index in [1.165, 1.54) is 32.4 Å². The summed E-state index contributed by atoms with van der Waals surface area (Å²) in [6.45, 7) is 9.20. The number of anilines is 13. The smallest absolute Gasteiger partial charge is 0.227 e. The predicted molar refractivity (Wildman–Crippen MR) is 566 cm³/mol. The summed E-state index contributed by atoms with van der Waals surface area (Å²) in [6.07, 6.45) is 30.1. The number of likely N-dealkylation sites (N-methyl/N-ethyl adjacent to an activating group) is 1. The third kappa shape index (κ3) is 19.3. The molecule has 0 fully saturated rings. The molecule has 0 radical (unpaired) electrons. The molecular formula is C114H86N24O2S. The van der Waals surface area contributed by atoms with Gasteiger partial charge in [0.2, 0.25) is 11.8 Å². The fourth-order valence-corrected chi connectivity index (χ4v) is 18.3. The fraction of sp³-hybridized carbons (Fsp3) is 0.0526. The lowest BCUT2D eigenvalue weighted by molar-refractivity contribution is 0.398. The Bertz CT molecular complexity index is 8470. The molecule has 6 N–H and O–H groups in total. The maximum absolute atomic E-state index is 5.94. The Morgan fingerprint density at radius 1 is 0.355 bits per heavy atom. The Kier molecular flexibility index (Phi) is 24.5. The number of oxazole rings is 1. The van der Waals surface area contributed by atoms with Crippen molar-refractivity contribution in [3.63, 3.8) is 0 Å². The molecule has 0 saturated heterocycles. The third-order valence-corrected chi connectivity index (χ3v) is 25.3. The van der Waals surface area contributed by atoms with Crippen LogP contribution in [0.1, 0.15) is 17.5 Å². The van der Waals surface area contributed by atoms with Crippen molar-refractivity contribution >= 4 is 152 Å². The van der Waals surface area contributed by atoms with Gasteiger partial charge >= 0.3 is 0 Å². The van der Waals surface area contributed by atoms with Crippen LogP contribution in [-0.2, 0) is 12.8 Å². The molecular weight excluding hydrogens is 1770 g/mol. The number of fused-ring (bicyclic) bond motifs is 11.